The number of hydrogen-bond donors (Lipinski definition) is 2. The third kappa shape index (κ3) is 2.10. The highest BCUT2D eigenvalue weighted by Gasteiger charge is 2.07. The number of aromatic nitrogens is 4. The minimum Gasteiger partial charge on any atom is -0.497 e. The van der Waals surface area contributed by atoms with Gasteiger partial charge in [0.05, 0.1) is 30.0 Å². The van der Waals surface area contributed by atoms with Gasteiger partial charge >= 0.3 is 0 Å². The molecule has 2 aromatic heterocycles. The molecule has 0 radical (unpaired) electrons. The summed E-state index contributed by atoms with van der Waals surface area (Å²) in [5, 5.41) is 4.25. The van der Waals surface area contributed by atoms with Crippen LogP contribution in [0.5, 0.6) is 5.75 Å². The van der Waals surface area contributed by atoms with E-state index in [9.17, 15) is 0 Å². The Bertz CT molecular complexity index is 946. The maximum Gasteiger partial charge on any atom is 0.141 e. The van der Waals surface area contributed by atoms with Gasteiger partial charge in [-0.25, -0.2) is 15.0 Å². The molecule has 0 fully saturated rings. The molecule has 0 saturated carbocycles. The quantitative estimate of drug-likeness (QED) is 0.606. The molecule has 0 aliphatic heterocycles. The summed E-state index contributed by atoms with van der Waals surface area (Å²) in [6, 6.07) is 11.6. The maximum absolute atomic E-state index is 5.16. The third-order valence-electron chi connectivity index (χ3n) is 3.53. The molecule has 6 nitrogen and oxygen atoms in total. The summed E-state index contributed by atoms with van der Waals surface area (Å²) in [5.41, 5.74) is 3.64. The first-order valence-electron chi connectivity index (χ1n) is 6.82. The normalized spacial score (nSPS) is 11.0. The molecule has 0 aliphatic rings. The minimum atomic E-state index is 0.756. The lowest BCUT2D eigenvalue weighted by Crippen LogP contribution is -1.96. The monoisotopic (exact) mass is 291 g/mol. The van der Waals surface area contributed by atoms with Gasteiger partial charge < -0.3 is 15.0 Å². The summed E-state index contributed by atoms with van der Waals surface area (Å²) in [5.74, 6) is 1.57. The number of anilines is 2. The van der Waals surface area contributed by atoms with Crippen LogP contribution >= 0.6 is 0 Å². The number of ether oxygens (including phenoxy) is 1. The van der Waals surface area contributed by atoms with Gasteiger partial charge in [0.15, 0.2) is 0 Å². The van der Waals surface area contributed by atoms with E-state index in [1.807, 2.05) is 36.4 Å². The Morgan fingerprint density at radius 2 is 1.86 bits per heavy atom. The number of benzene rings is 2. The SMILES string of the molecule is COc1ccc(Nc2ncnc3cc4nc[nH]c4cc23)cc1. The molecule has 2 N–H and O–H groups in total. The first-order valence-corrected chi connectivity index (χ1v) is 6.82. The fraction of sp³-hybridized carbons (Fsp3) is 0.0625. The average molecular weight is 291 g/mol. The predicted octanol–water partition coefficient (Wildman–Crippen LogP) is 3.26. The number of nitrogens with one attached hydrogen (secondary N) is 2. The molecule has 0 bridgehead atoms. The van der Waals surface area contributed by atoms with E-state index in [1.165, 1.54) is 0 Å². The zero-order valence-corrected chi connectivity index (χ0v) is 11.9. The highest BCUT2D eigenvalue weighted by atomic mass is 16.5. The number of hydrogen-bond acceptors (Lipinski definition) is 5. The van der Waals surface area contributed by atoms with Crippen LogP contribution in [-0.4, -0.2) is 27.0 Å². The second kappa shape index (κ2) is 5.00. The van der Waals surface area contributed by atoms with Crippen molar-refractivity contribution in [1.82, 2.24) is 19.9 Å². The van der Waals surface area contributed by atoms with Crippen LogP contribution in [0.1, 0.15) is 0 Å². The highest BCUT2D eigenvalue weighted by molar-refractivity contribution is 5.99. The van der Waals surface area contributed by atoms with E-state index in [0.29, 0.717) is 0 Å². The van der Waals surface area contributed by atoms with Crippen LogP contribution in [-0.2, 0) is 0 Å². The first kappa shape index (κ1) is 12.6. The van der Waals surface area contributed by atoms with E-state index in [2.05, 4.69) is 25.3 Å². The molecule has 2 aromatic carbocycles. The van der Waals surface area contributed by atoms with Gasteiger partial charge in [0.25, 0.3) is 0 Å². The molecular formula is C16H13N5O. The second-order valence-corrected chi connectivity index (χ2v) is 4.86. The predicted molar refractivity (Wildman–Crippen MR) is 85.5 cm³/mol. The van der Waals surface area contributed by atoms with E-state index in [0.717, 1.165) is 39.2 Å². The van der Waals surface area contributed by atoms with Gasteiger partial charge in [-0.2, -0.15) is 0 Å². The zero-order chi connectivity index (χ0) is 14.9. The zero-order valence-electron chi connectivity index (χ0n) is 11.9. The summed E-state index contributed by atoms with van der Waals surface area (Å²) >= 11 is 0. The van der Waals surface area contributed by atoms with Gasteiger partial charge in [-0.1, -0.05) is 0 Å². The molecule has 0 aliphatic carbocycles. The lowest BCUT2D eigenvalue weighted by molar-refractivity contribution is 0.415. The van der Waals surface area contributed by atoms with Crippen LogP contribution in [0.15, 0.2) is 49.1 Å². The van der Waals surface area contributed by atoms with Crippen LogP contribution < -0.4 is 10.1 Å². The Kier molecular flexibility index (Phi) is 2.86. The van der Waals surface area contributed by atoms with Crippen molar-refractivity contribution in [2.45, 2.75) is 0 Å². The number of fused-ring (bicyclic) bond motifs is 2. The largest absolute Gasteiger partial charge is 0.497 e. The molecule has 22 heavy (non-hydrogen) atoms. The van der Waals surface area contributed by atoms with Crippen LogP contribution in [0, 0.1) is 0 Å². The van der Waals surface area contributed by atoms with Crippen molar-refractivity contribution in [3.05, 3.63) is 49.1 Å². The van der Waals surface area contributed by atoms with Crippen molar-refractivity contribution in [3.63, 3.8) is 0 Å². The van der Waals surface area contributed by atoms with E-state index in [1.54, 1.807) is 19.8 Å². The first-order chi connectivity index (χ1) is 10.8. The third-order valence-corrected chi connectivity index (χ3v) is 3.53. The molecular weight excluding hydrogens is 278 g/mol. The molecule has 4 aromatic rings. The van der Waals surface area contributed by atoms with Crippen molar-refractivity contribution >= 4 is 33.4 Å². The molecule has 0 spiro atoms. The molecule has 0 unspecified atom stereocenters. The average Bonchev–Trinajstić information content (AvgIpc) is 3.01. The fourth-order valence-electron chi connectivity index (χ4n) is 2.40. The Morgan fingerprint density at radius 3 is 2.68 bits per heavy atom. The highest BCUT2D eigenvalue weighted by Crippen LogP contribution is 2.26. The Morgan fingerprint density at radius 1 is 1.00 bits per heavy atom. The van der Waals surface area contributed by atoms with Crippen molar-refractivity contribution in [2.75, 3.05) is 12.4 Å². The summed E-state index contributed by atoms with van der Waals surface area (Å²) in [6.45, 7) is 0. The number of H-pyrrole nitrogens is 1. The van der Waals surface area contributed by atoms with E-state index in [-0.39, 0.29) is 0 Å². The topological polar surface area (TPSA) is 75.7 Å². The van der Waals surface area contributed by atoms with Gasteiger partial charge in [0.2, 0.25) is 0 Å². The Hall–Kier alpha value is -3.15. The lowest BCUT2D eigenvalue weighted by Gasteiger charge is -2.09. The van der Waals surface area contributed by atoms with Crippen LogP contribution in [0.2, 0.25) is 0 Å². The van der Waals surface area contributed by atoms with Crippen LogP contribution in [0.25, 0.3) is 21.9 Å². The molecule has 108 valence electrons. The van der Waals surface area contributed by atoms with Gasteiger partial charge in [-0.3, -0.25) is 0 Å². The molecule has 6 heteroatoms. The summed E-state index contributed by atoms with van der Waals surface area (Å²) in [6.07, 6.45) is 3.22. The Balaban J connectivity index is 1.79. The maximum atomic E-state index is 5.16. The van der Waals surface area contributed by atoms with Gasteiger partial charge in [-0.15, -0.1) is 0 Å². The van der Waals surface area contributed by atoms with E-state index < -0.39 is 0 Å². The van der Waals surface area contributed by atoms with Crippen molar-refractivity contribution in [2.24, 2.45) is 0 Å². The fourth-order valence-corrected chi connectivity index (χ4v) is 2.40. The number of methoxy groups -OCH3 is 1. The van der Waals surface area contributed by atoms with Crippen molar-refractivity contribution < 1.29 is 4.74 Å². The standard InChI is InChI=1S/C16H13N5O/c1-22-11-4-2-10(3-5-11)21-16-12-6-14-15(19-8-18-14)7-13(12)17-9-20-16/h2-9H,1H3,(H,18,19)(H,17,20,21). The van der Waals surface area contributed by atoms with Crippen molar-refractivity contribution in [3.8, 4) is 5.75 Å². The summed E-state index contributed by atoms with van der Waals surface area (Å²) < 4.78 is 5.16. The number of nitrogens with zero attached hydrogens (tertiary/aromatic N) is 3. The number of imidazole rings is 1. The summed E-state index contributed by atoms with van der Waals surface area (Å²) in [4.78, 5) is 16.0. The minimum absolute atomic E-state index is 0.756. The second-order valence-electron chi connectivity index (χ2n) is 4.86. The van der Waals surface area contributed by atoms with Crippen LogP contribution in [0.4, 0.5) is 11.5 Å². The Labute approximate surface area is 126 Å². The number of rotatable bonds is 3. The van der Waals surface area contributed by atoms with Gasteiger partial charge in [0, 0.05) is 11.1 Å². The summed E-state index contributed by atoms with van der Waals surface area (Å²) in [7, 11) is 1.65. The molecule has 2 heterocycles. The van der Waals surface area contributed by atoms with Crippen molar-refractivity contribution in [1.29, 1.82) is 0 Å². The number of aromatic amines is 1. The van der Waals surface area contributed by atoms with Gasteiger partial charge in [-0.05, 0) is 36.4 Å². The molecule has 0 amide bonds. The molecule has 0 atom stereocenters. The lowest BCUT2D eigenvalue weighted by atomic mass is 10.2. The smallest absolute Gasteiger partial charge is 0.141 e. The van der Waals surface area contributed by atoms with E-state index in [4.69, 9.17) is 4.74 Å². The van der Waals surface area contributed by atoms with Gasteiger partial charge in [0.1, 0.15) is 17.9 Å². The van der Waals surface area contributed by atoms with E-state index >= 15 is 0 Å². The van der Waals surface area contributed by atoms with Crippen LogP contribution in [0.3, 0.4) is 0 Å². The molecule has 4 rings (SSSR count). The molecule has 0 saturated heterocycles.